The highest BCUT2D eigenvalue weighted by Crippen LogP contribution is 2.35. The predicted molar refractivity (Wildman–Crippen MR) is 92.6 cm³/mol. The molecule has 21 heavy (non-hydrogen) atoms. The van der Waals surface area contributed by atoms with Gasteiger partial charge < -0.3 is 9.80 Å². The van der Waals surface area contributed by atoms with Gasteiger partial charge in [-0.3, -0.25) is 4.79 Å². The topological polar surface area (TPSA) is 23.6 Å². The van der Waals surface area contributed by atoms with E-state index in [1.165, 1.54) is 51.4 Å². The highest BCUT2D eigenvalue weighted by Gasteiger charge is 2.35. The zero-order valence-corrected chi connectivity index (χ0v) is 14.4. The SMILES string of the molecule is O=C(CSC(=S)N1CCCC1)N1CCC[C@H]2CCCC[C@H]21. The fourth-order valence-corrected chi connectivity index (χ4v) is 5.27. The minimum absolute atomic E-state index is 0.318. The molecule has 0 aromatic carbocycles. The Bertz CT molecular complexity index is 394. The average molecular weight is 327 g/mol. The van der Waals surface area contributed by atoms with Gasteiger partial charge in [-0.2, -0.15) is 0 Å². The fraction of sp³-hybridized carbons (Fsp3) is 0.875. The van der Waals surface area contributed by atoms with Crippen LogP contribution in [-0.4, -0.2) is 51.5 Å². The maximum absolute atomic E-state index is 12.6. The maximum Gasteiger partial charge on any atom is 0.233 e. The minimum Gasteiger partial charge on any atom is -0.358 e. The Morgan fingerprint density at radius 1 is 1.00 bits per heavy atom. The Labute approximate surface area is 137 Å². The van der Waals surface area contributed by atoms with Crippen molar-refractivity contribution in [2.24, 2.45) is 5.92 Å². The minimum atomic E-state index is 0.318. The van der Waals surface area contributed by atoms with Crippen LogP contribution in [0.1, 0.15) is 51.4 Å². The van der Waals surface area contributed by atoms with Crippen LogP contribution >= 0.6 is 24.0 Å². The first kappa shape index (κ1) is 15.6. The number of thioether (sulfide) groups is 1. The van der Waals surface area contributed by atoms with Crippen LogP contribution in [0, 0.1) is 5.92 Å². The zero-order valence-electron chi connectivity index (χ0n) is 12.8. The summed E-state index contributed by atoms with van der Waals surface area (Å²) in [5.41, 5.74) is 0. The first-order chi connectivity index (χ1) is 10.3. The summed E-state index contributed by atoms with van der Waals surface area (Å²) in [5.74, 6) is 1.63. The molecule has 0 aromatic rings. The van der Waals surface area contributed by atoms with E-state index in [9.17, 15) is 4.79 Å². The molecule has 0 N–H and O–H groups in total. The van der Waals surface area contributed by atoms with Crippen molar-refractivity contribution in [3.05, 3.63) is 0 Å². The molecule has 2 atom stereocenters. The predicted octanol–water partition coefficient (Wildman–Crippen LogP) is 3.28. The van der Waals surface area contributed by atoms with Crippen LogP contribution in [0.2, 0.25) is 0 Å². The van der Waals surface area contributed by atoms with Gasteiger partial charge in [0.05, 0.1) is 5.75 Å². The summed E-state index contributed by atoms with van der Waals surface area (Å²) in [6.07, 6.45) is 10.2. The highest BCUT2D eigenvalue weighted by molar-refractivity contribution is 8.23. The van der Waals surface area contributed by atoms with Crippen molar-refractivity contribution in [1.29, 1.82) is 0 Å². The van der Waals surface area contributed by atoms with E-state index in [4.69, 9.17) is 12.2 Å². The van der Waals surface area contributed by atoms with Crippen molar-refractivity contribution in [2.45, 2.75) is 57.4 Å². The number of nitrogens with zero attached hydrogens (tertiary/aromatic N) is 2. The summed E-state index contributed by atoms with van der Waals surface area (Å²) in [6.45, 7) is 3.12. The van der Waals surface area contributed by atoms with Crippen LogP contribution in [0.15, 0.2) is 0 Å². The first-order valence-electron chi connectivity index (χ1n) is 8.47. The number of carbonyl (C=O) groups excluding carboxylic acids is 1. The molecule has 0 bridgehead atoms. The highest BCUT2D eigenvalue weighted by atomic mass is 32.2. The van der Waals surface area contributed by atoms with Gasteiger partial charge in [0, 0.05) is 25.7 Å². The molecule has 1 saturated carbocycles. The molecule has 5 heteroatoms. The Morgan fingerprint density at radius 2 is 1.71 bits per heavy atom. The molecule has 3 nitrogen and oxygen atoms in total. The third-order valence-corrected chi connectivity index (χ3v) is 6.76. The fourth-order valence-electron chi connectivity index (χ4n) is 4.13. The molecule has 2 saturated heterocycles. The maximum atomic E-state index is 12.6. The molecule has 0 radical (unpaired) electrons. The summed E-state index contributed by atoms with van der Waals surface area (Å²) >= 11 is 7.05. The van der Waals surface area contributed by atoms with Crippen molar-refractivity contribution >= 4 is 34.2 Å². The third kappa shape index (κ3) is 3.73. The van der Waals surface area contributed by atoms with Crippen molar-refractivity contribution < 1.29 is 4.79 Å². The molecule has 0 unspecified atom stereocenters. The molecule has 0 aromatic heterocycles. The third-order valence-electron chi connectivity index (χ3n) is 5.25. The normalized spacial score (nSPS) is 29.3. The van der Waals surface area contributed by atoms with Crippen LogP contribution in [-0.2, 0) is 4.79 Å². The van der Waals surface area contributed by atoms with E-state index >= 15 is 0 Å². The molecule has 2 aliphatic heterocycles. The van der Waals surface area contributed by atoms with E-state index in [0.717, 1.165) is 29.9 Å². The number of carbonyl (C=O) groups is 1. The summed E-state index contributed by atoms with van der Waals surface area (Å²) in [4.78, 5) is 17.0. The van der Waals surface area contributed by atoms with Gasteiger partial charge in [0.1, 0.15) is 4.32 Å². The number of piperidine rings is 1. The number of rotatable bonds is 2. The molecule has 1 amide bonds. The average Bonchev–Trinajstić information content (AvgIpc) is 3.06. The second kappa shape index (κ2) is 7.32. The number of amides is 1. The van der Waals surface area contributed by atoms with E-state index < -0.39 is 0 Å². The molecule has 1 aliphatic carbocycles. The smallest absolute Gasteiger partial charge is 0.233 e. The van der Waals surface area contributed by atoms with Crippen molar-refractivity contribution in [3.8, 4) is 0 Å². The van der Waals surface area contributed by atoms with Crippen LogP contribution in [0.4, 0.5) is 0 Å². The Balaban J connectivity index is 1.50. The molecule has 0 spiro atoms. The summed E-state index contributed by atoms with van der Waals surface area (Å²) in [5, 5.41) is 0. The largest absolute Gasteiger partial charge is 0.358 e. The standard InChI is InChI=1S/C16H26N2OS2/c19-15(12-21-16(20)17-9-3-4-10-17)18-11-5-7-13-6-1-2-8-14(13)18/h13-14H,1-12H2/t13-,14-/m1/s1. The van der Waals surface area contributed by atoms with Crippen molar-refractivity contribution in [3.63, 3.8) is 0 Å². The zero-order chi connectivity index (χ0) is 14.7. The van der Waals surface area contributed by atoms with Gasteiger partial charge in [0.15, 0.2) is 0 Å². The van der Waals surface area contributed by atoms with E-state index in [2.05, 4.69) is 9.80 Å². The van der Waals surface area contributed by atoms with E-state index in [-0.39, 0.29) is 0 Å². The first-order valence-corrected chi connectivity index (χ1v) is 9.86. The van der Waals surface area contributed by atoms with Gasteiger partial charge in [0.2, 0.25) is 5.91 Å². The molecule has 3 rings (SSSR count). The number of hydrogen-bond donors (Lipinski definition) is 0. The number of fused-ring (bicyclic) bond motifs is 1. The van der Waals surface area contributed by atoms with E-state index in [1.807, 2.05) is 0 Å². The second-order valence-electron chi connectivity index (χ2n) is 6.59. The quantitative estimate of drug-likeness (QED) is 0.727. The molecule has 3 aliphatic rings. The van der Waals surface area contributed by atoms with Crippen LogP contribution in [0.25, 0.3) is 0 Å². The number of hydrogen-bond acceptors (Lipinski definition) is 3. The lowest BCUT2D eigenvalue weighted by Crippen LogP contribution is -2.50. The molecule has 3 fully saturated rings. The summed E-state index contributed by atoms with van der Waals surface area (Å²) in [6, 6.07) is 0.529. The van der Waals surface area contributed by atoms with E-state index in [1.54, 1.807) is 11.8 Å². The Kier molecular flexibility index (Phi) is 5.43. The van der Waals surface area contributed by atoms with E-state index in [0.29, 0.717) is 17.7 Å². The molecule has 118 valence electrons. The number of likely N-dealkylation sites (tertiary alicyclic amines) is 2. The Hall–Kier alpha value is -0.290. The van der Waals surface area contributed by atoms with Gasteiger partial charge in [-0.25, -0.2) is 0 Å². The van der Waals surface area contributed by atoms with Crippen LogP contribution in [0.3, 0.4) is 0 Å². The molecule has 2 heterocycles. The van der Waals surface area contributed by atoms with Gasteiger partial charge in [-0.15, -0.1) is 0 Å². The summed E-state index contributed by atoms with van der Waals surface area (Å²) in [7, 11) is 0. The van der Waals surface area contributed by atoms with Crippen LogP contribution in [0.5, 0.6) is 0 Å². The number of thiocarbonyl (C=S) groups is 1. The molecular weight excluding hydrogens is 300 g/mol. The van der Waals surface area contributed by atoms with Crippen molar-refractivity contribution in [1.82, 2.24) is 9.80 Å². The lowest BCUT2D eigenvalue weighted by atomic mass is 9.78. The Morgan fingerprint density at radius 3 is 2.52 bits per heavy atom. The van der Waals surface area contributed by atoms with Crippen molar-refractivity contribution in [2.75, 3.05) is 25.4 Å². The summed E-state index contributed by atoms with van der Waals surface area (Å²) < 4.78 is 0.929. The van der Waals surface area contributed by atoms with Gasteiger partial charge in [-0.1, -0.05) is 36.8 Å². The monoisotopic (exact) mass is 326 g/mol. The van der Waals surface area contributed by atoms with Crippen LogP contribution < -0.4 is 0 Å². The lowest BCUT2D eigenvalue weighted by Gasteiger charge is -2.44. The van der Waals surface area contributed by atoms with Gasteiger partial charge in [-0.05, 0) is 44.4 Å². The van der Waals surface area contributed by atoms with Gasteiger partial charge in [0.25, 0.3) is 0 Å². The van der Waals surface area contributed by atoms with Gasteiger partial charge >= 0.3 is 0 Å². The second-order valence-corrected chi connectivity index (χ2v) is 8.20. The molecular formula is C16H26N2OS2. The lowest BCUT2D eigenvalue weighted by molar-refractivity contribution is -0.134.